The molecule has 1 aliphatic rings. The number of nitrogen functional groups attached to an aromatic ring is 1. The fourth-order valence-electron chi connectivity index (χ4n) is 3.92. The number of phenols is 1. The number of anilines is 1. The molecule has 0 unspecified atom stereocenters. The highest BCUT2D eigenvalue weighted by atomic mass is 35.5. The Hall–Kier alpha value is -3.57. The van der Waals surface area contributed by atoms with Crippen LogP contribution in [0.3, 0.4) is 0 Å². The quantitative estimate of drug-likeness (QED) is 0.420. The Bertz CT molecular complexity index is 1240. The summed E-state index contributed by atoms with van der Waals surface area (Å²) < 4.78 is 7.94. The SMILES string of the molecule is Nc1c2c(nc[n+]1Cc1ccccc1)Oc1cc(O)ccc1[C@@H]2c1ccccc1Cl. The van der Waals surface area contributed by atoms with Crippen molar-refractivity contribution in [2.24, 2.45) is 0 Å². The Kier molecular flexibility index (Phi) is 4.52. The molecule has 1 aliphatic heterocycles. The van der Waals surface area contributed by atoms with Crippen LogP contribution in [-0.2, 0) is 6.54 Å². The number of hydrogen-bond donors (Lipinski definition) is 2. The van der Waals surface area contributed by atoms with Crippen LogP contribution in [0.2, 0.25) is 5.02 Å². The smallest absolute Gasteiger partial charge is 0.306 e. The average Bonchev–Trinajstić information content (AvgIpc) is 2.75. The minimum absolute atomic E-state index is 0.123. The normalized spacial score (nSPS) is 14.5. The number of benzene rings is 3. The second kappa shape index (κ2) is 7.35. The third-order valence-corrected chi connectivity index (χ3v) is 5.69. The largest absolute Gasteiger partial charge is 0.508 e. The van der Waals surface area contributed by atoms with Gasteiger partial charge in [-0.25, -0.2) is 4.57 Å². The van der Waals surface area contributed by atoms with Crippen LogP contribution in [0.1, 0.15) is 28.2 Å². The number of nitrogens with two attached hydrogens (primary N) is 1. The molecular formula is C24H19ClN3O2+. The van der Waals surface area contributed by atoms with Gasteiger partial charge in [0.2, 0.25) is 12.1 Å². The summed E-state index contributed by atoms with van der Waals surface area (Å²) in [7, 11) is 0. The molecule has 148 valence electrons. The molecule has 0 saturated carbocycles. The van der Waals surface area contributed by atoms with E-state index in [1.54, 1.807) is 18.5 Å². The monoisotopic (exact) mass is 416 g/mol. The molecule has 6 heteroatoms. The van der Waals surface area contributed by atoms with Crippen LogP contribution in [-0.4, -0.2) is 10.1 Å². The van der Waals surface area contributed by atoms with Gasteiger partial charge >= 0.3 is 5.88 Å². The second-order valence-electron chi connectivity index (χ2n) is 7.24. The minimum atomic E-state index is -0.270. The first-order valence-electron chi connectivity index (χ1n) is 9.58. The molecule has 2 heterocycles. The lowest BCUT2D eigenvalue weighted by atomic mass is 9.83. The van der Waals surface area contributed by atoms with E-state index < -0.39 is 0 Å². The van der Waals surface area contributed by atoms with Crippen molar-refractivity contribution in [2.75, 3.05) is 5.73 Å². The molecule has 0 aliphatic carbocycles. The number of phenolic OH excluding ortho intramolecular Hbond substituents is 1. The summed E-state index contributed by atoms with van der Waals surface area (Å²) in [6.45, 7) is 0.588. The van der Waals surface area contributed by atoms with Crippen molar-refractivity contribution < 1.29 is 14.4 Å². The Morgan fingerprint density at radius 1 is 1.00 bits per heavy atom. The highest BCUT2D eigenvalue weighted by molar-refractivity contribution is 6.31. The lowest BCUT2D eigenvalue weighted by molar-refractivity contribution is -0.677. The molecule has 1 atom stereocenters. The van der Waals surface area contributed by atoms with Gasteiger partial charge in [0.05, 0.1) is 12.5 Å². The number of ether oxygens (including phenoxy) is 1. The van der Waals surface area contributed by atoms with Crippen LogP contribution in [0.25, 0.3) is 0 Å². The maximum Gasteiger partial charge on any atom is 0.306 e. The maximum atomic E-state index is 9.96. The van der Waals surface area contributed by atoms with Crippen molar-refractivity contribution in [1.29, 1.82) is 0 Å². The minimum Gasteiger partial charge on any atom is -0.508 e. The predicted octanol–water partition coefficient (Wildman–Crippen LogP) is 4.64. The summed E-state index contributed by atoms with van der Waals surface area (Å²) in [6, 6.07) is 22.8. The highest BCUT2D eigenvalue weighted by Crippen LogP contribution is 2.49. The van der Waals surface area contributed by atoms with Crippen molar-refractivity contribution in [3.05, 3.63) is 106 Å². The summed E-state index contributed by atoms with van der Waals surface area (Å²) in [4.78, 5) is 4.55. The van der Waals surface area contributed by atoms with Crippen LogP contribution in [0.15, 0.2) is 79.1 Å². The van der Waals surface area contributed by atoms with E-state index in [-0.39, 0.29) is 11.7 Å². The Morgan fingerprint density at radius 2 is 1.77 bits per heavy atom. The van der Waals surface area contributed by atoms with Crippen molar-refractivity contribution in [3.8, 4) is 17.4 Å². The lowest BCUT2D eigenvalue weighted by Crippen LogP contribution is -2.40. The Morgan fingerprint density at radius 3 is 2.57 bits per heavy atom. The first-order valence-corrected chi connectivity index (χ1v) is 9.96. The summed E-state index contributed by atoms with van der Waals surface area (Å²) in [5.74, 6) is 1.37. The standard InChI is InChI=1S/C24H18ClN3O2/c25-19-9-5-4-8-17(19)21-18-11-10-16(29)12-20(18)30-24-22(21)23(26)28(14-27-24)13-15-6-2-1-3-7-15/h1-12,14,21,26,29H,13H2/p+1/t21-/m0/s1. The van der Waals surface area contributed by atoms with Gasteiger partial charge in [-0.3, -0.25) is 0 Å². The van der Waals surface area contributed by atoms with E-state index in [2.05, 4.69) is 4.98 Å². The van der Waals surface area contributed by atoms with Crippen molar-refractivity contribution in [3.63, 3.8) is 0 Å². The topological polar surface area (TPSA) is 72.2 Å². The molecule has 0 fully saturated rings. The molecule has 3 aromatic carbocycles. The first kappa shape index (κ1) is 18.5. The molecule has 0 spiro atoms. The van der Waals surface area contributed by atoms with Crippen LogP contribution in [0, 0.1) is 0 Å². The summed E-state index contributed by atoms with van der Waals surface area (Å²) in [6.07, 6.45) is 1.68. The molecule has 0 amide bonds. The zero-order valence-corrected chi connectivity index (χ0v) is 16.8. The second-order valence-corrected chi connectivity index (χ2v) is 7.65. The van der Waals surface area contributed by atoms with Gasteiger partial charge in [0.25, 0.3) is 0 Å². The fourth-order valence-corrected chi connectivity index (χ4v) is 4.16. The summed E-state index contributed by atoms with van der Waals surface area (Å²) in [5.41, 5.74) is 10.3. The molecule has 30 heavy (non-hydrogen) atoms. The third-order valence-electron chi connectivity index (χ3n) is 5.35. The first-order chi connectivity index (χ1) is 14.6. The van der Waals surface area contributed by atoms with Crippen LogP contribution in [0.4, 0.5) is 5.82 Å². The number of nitrogens with zero attached hydrogens (tertiary/aromatic N) is 2. The average molecular weight is 417 g/mol. The van der Waals surface area contributed by atoms with Crippen molar-refractivity contribution >= 4 is 17.4 Å². The molecule has 1 aromatic heterocycles. The van der Waals surface area contributed by atoms with Crippen LogP contribution < -0.4 is 15.0 Å². The number of hydrogen-bond acceptors (Lipinski definition) is 4. The zero-order chi connectivity index (χ0) is 20.7. The fraction of sp³-hybridized carbons (Fsp3) is 0.0833. The van der Waals surface area contributed by atoms with Crippen molar-refractivity contribution in [1.82, 2.24) is 4.98 Å². The molecule has 0 radical (unpaired) electrons. The van der Waals surface area contributed by atoms with E-state index in [9.17, 15) is 5.11 Å². The van der Waals surface area contributed by atoms with E-state index in [0.717, 1.165) is 22.3 Å². The molecular weight excluding hydrogens is 398 g/mol. The van der Waals surface area contributed by atoms with Gasteiger partial charge < -0.3 is 15.6 Å². The van der Waals surface area contributed by atoms with Gasteiger partial charge in [-0.1, -0.05) is 71.2 Å². The number of rotatable bonds is 3. The number of aromatic nitrogens is 2. The zero-order valence-electron chi connectivity index (χ0n) is 16.0. The predicted molar refractivity (Wildman–Crippen MR) is 115 cm³/mol. The van der Waals surface area contributed by atoms with E-state index in [1.807, 2.05) is 65.2 Å². The van der Waals surface area contributed by atoms with E-state index >= 15 is 0 Å². The van der Waals surface area contributed by atoms with Gasteiger partial charge in [-0.05, 0) is 23.3 Å². The maximum absolute atomic E-state index is 9.96. The molecule has 0 saturated heterocycles. The third kappa shape index (κ3) is 3.13. The number of halogens is 1. The van der Waals surface area contributed by atoms with Crippen LogP contribution >= 0.6 is 11.6 Å². The number of aromatic hydroxyl groups is 1. The molecule has 4 aromatic rings. The molecule has 3 N–H and O–H groups in total. The Labute approximate surface area is 179 Å². The lowest BCUT2D eigenvalue weighted by Gasteiger charge is -2.27. The van der Waals surface area contributed by atoms with Gasteiger partial charge in [0.15, 0.2) is 0 Å². The van der Waals surface area contributed by atoms with Crippen molar-refractivity contribution in [2.45, 2.75) is 12.5 Å². The molecule has 5 rings (SSSR count). The van der Waals surface area contributed by atoms with E-state index in [0.29, 0.717) is 29.0 Å². The van der Waals surface area contributed by atoms with Gasteiger partial charge in [-0.2, -0.15) is 0 Å². The molecule has 0 bridgehead atoms. The summed E-state index contributed by atoms with van der Waals surface area (Å²) >= 11 is 6.59. The highest BCUT2D eigenvalue weighted by Gasteiger charge is 2.37. The van der Waals surface area contributed by atoms with E-state index in [1.165, 1.54) is 0 Å². The van der Waals surface area contributed by atoms with Gasteiger partial charge in [-0.15, -0.1) is 0 Å². The van der Waals surface area contributed by atoms with Crippen LogP contribution in [0.5, 0.6) is 17.4 Å². The van der Waals surface area contributed by atoms with Gasteiger partial charge in [0, 0.05) is 16.7 Å². The summed E-state index contributed by atoms with van der Waals surface area (Å²) in [5, 5.41) is 10.6. The number of fused-ring (bicyclic) bond motifs is 2. The van der Waals surface area contributed by atoms with Gasteiger partial charge in [0.1, 0.15) is 17.1 Å². The molecule has 5 nitrogen and oxygen atoms in total. The Balaban J connectivity index is 1.71. The van der Waals surface area contributed by atoms with E-state index in [4.69, 9.17) is 22.1 Å².